The normalized spacial score (nSPS) is 11.2. The Morgan fingerprint density at radius 2 is 0.295 bits per heavy atom. The van der Waals surface area contributed by atoms with Gasteiger partial charge in [-0.05, 0) is 214 Å². The second-order valence-corrected chi connectivity index (χ2v) is 28.4. The lowest BCUT2D eigenvalue weighted by molar-refractivity contribution is 0.668. The molecule has 0 spiro atoms. The van der Waals surface area contributed by atoms with Gasteiger partial charge in [-0.3, -0.25) is 0 Å². The van der Waals surface area contributed by atoms with Crippen molar-refractivity contribution < 1.29 is 8.83 Å². The first-order valence-corrected chi connectivity index (χ1v) is 38.1. The highest BCUT2D eigenvalue weighted by atomic mass is 16.3. The third-order valence-electron chi connectivity index (χ3n) is 21.4. The zero-order chi connectivity index (χ0) is 74.5. The van der Waals surface area contributed by atoms with Gasteiger partial charge in [-0.25, -0.2) is 0 Å². The molecule has 0 fully saturated rings. The van der Waals surface area contributed by atoms with Gasteiger partial charge in [0, 0.05) is 67.8 Å². The summed E-state index contributed by atoms with van der Waals surface area (Å²) in [5.41, 5.74) is 33.8. The van der Waals surface area contributed by atoms with Crippen LogP contribution >= 0.6 is 0 Å². The van der Waals surface area contributed by atoms with Crippen LogP contribution in [-0.4, -0.2) is 0 Å². The lowest BCUT2D eigenvalue weighted by atomic mass is 9.97. The van der Waals surface area contributed by atoms with Crippen molar-refractivity contribution in [3.63, 3.8) is 0 Å². The maximum atomic E-state index is 6.36. The molecule has 0 radical (unpaired) electrons. The van der Waals surface area contributed by atoms with Crippen LogP contribution in [-0.2, 0) is 0 Å². The monoisotopic (exact) mass is 1430 g/mol. The van der Waals surface area contributed by atoms with Crippen LogP contribution in [0.25, 0.3) is 155 Å². The number of hydrogen-bond acceptors (Lipinski definition) is 4. The topological polar surface area (TPSA) is 32.8 Å². The average molecular weight is 1430 g/mol. The summed E-state index contributed by atoms with van der Waals surface area (Å²) in [6, 6.07) is 160. The second-order valence-electron chi connectivity index (χ2n) is 28.4. The van der Waals surface area contributed by atoms with Crippen molar-refractivity contribution in [1.82, 2.24) is 0 Å². The Morgan fingerprint density at radius 1 is 0.116 bits per heavy atom. The van der Waals surface area contributed by atoms with E-state index in [1.807, 2.05) is 24.3 Å². The van der Waals surface area contributed by atoms with Crippen molar-refractivity contribution in [2.24, 2.45) is 0 Å². The lowest BCUT2D eigenvalue weighted by Gasteiger charge is -2.26. The third kappa shape index (κ3) is 14.0. The molecule has 0 saturated heterocycles. The molecule has 0 atom stereocenters. The molecule has 0 aliphatic heterocycles. The summed E-state index contributed by atoms with van der Waals surface area (Å²) in [5, 5.41) is 4.48. The number of anilines is 6. The van der Waals surface area contributed by atoms with Gasteiger partial charge in [0.05, 0.1) is 0 Å². The number of furan rings is 2. The zero-order valence-electron chi connectivity index (χ0n) is 61.4. The average Bonchev–Trinajstić information content (AvgIpc) is 1.72. The Hall–Kier alpha value is -14.8. The quantitative estimate of drug-likeness (QED) is 0.0965. The first-order valence-electron chi connectivity index (χ1n) is 38.1. The molecule has 0 amide bonds. The van der Waals surface area contributed by atoms with E-state index in [1.54, 1.807) is 0 Å². The highest BCUT2D eigenvalue weighted by Gasteiger charge is 2.20. The van der Waals surface area contributed by atoms with Gasteiger partial charge >= 0.3 is 0 Å². The number of benzene rings is 18. The first kappa shape index (κ1) is 67.7. The van der Waals surface area contributed by atoms with Gasteiger partial charge in [0.25, 0.3) is 0 Å². The summed E-state index contributed by atoms with van der Waals surface area (Å²) in [7, 11) is 0. The minimum Gasteiger partial charge on any atom is -0.456 e. The summed E-state index contributed by atoms with van der Waals surface area (Å²) < 4.78 is 12.7. The Balaban J connectivity index is 0.000000151. The highest BCUT2D eigenvalue weighted by molar-refractivity contribution is 6.07. The largest absolute Gasteiger partial charge is 0.456 e. The molecule has 0 N–H and O–H groups in total. The van der Waals surface area contributed by atoms with Crippen molar-refractivity contribution in [2.75, 3.05) is 9.80 Å². The van der Waals surface area contributed by atoms with Crippen LogP contribution in [0.15, 0.2) is 458 Å². The van der Waals surface area contributed by atoms with Crippen molar-refractivity contribution in [2.45, 2.75) is 0 Å². The van der Waals surface area contributed by atoms with Crippen molar-refractivity contribution in [1.29, 1.82) is 0 Å². The molecular weight excluding hydrogens is 1360 g/mol. The van der Waals surface area contributed by atoms with Gasteiger partial charge in [0.1, 0.15) is 22.3 Å². The summed E-state index contributed by atoms with van der Waals surface area (Å²) in [6.07, 6.45) is 0. The number of fused-ring (bicyclic) bond motifs is 6. The van der Waals surface area contributed by atoms with Gasteiger partial charge in [-0.15, -0.1) is 0 Å². The van der Waals surface area contributed by atoms with Crippen LogP contribution in [0.1, 0.15) is 0 Å². The number of rotatable bonds is 16. The van der Waals surface area contributed by atoms with Gasteiger partial charge in [-0.2, -0.15) is 0 Å². The molecule has 20 aromatic rings. The lowest BCUT2D eigenvalue weighted by Crippen LogP contribution is -2.09. The van der Waals surface area contributed by atoms with Crippen LogP contribution in [0.4, 0.5) is 34.1 Å². The van der Waals surface area contributed by atoms with Crippen molar-refractivity contribution >= 4 is 78.0 Å². The van der Waals surface area contributed by atoms with Gasteiger partial charge < -0.3 is 18.6 Å². The van der Waals surface area contributed by atoms with E-state index >= 15 is 0 Å². The van der Waals surface area contributed by atoms with Crippen LogP contribution in [0, 0.1) is 0 Å². The smallest absolute Gasteiger partial charge is 0.137 e. The predicted octanol–water partition coefficient (Wildman–Crippen LogP) is 30.8. The third-order valence-corrected chi connectivity index (χ3v) is 21.4. The molecule has 528 valence electrons. The van der Waals surface area contributed by atoms with Crippen LogP contribution in [0.2, 0.25) is 0 Å². The number of para-hydroxylation sites is 2. The zero-order valence-corrected chi connectivity index (χ0v) is 61.4. The summed E-state index contributed by atoms with van der Waals surface area (Å²) in [6.45, 7) is 0. The summed E-state index contributed by atoms with van der Waals surface area (Å²) >= 11 is 0. The van der Waals surface area contributed by atoms with Crippen LogP contribution in [0.5, 0.6) is 0 Å². The van der Waals surface area contributed by atoms with E-state index in [1.165, 1.54) is 111 Å². The van der Waals surface area contributed by atoms with E-state index in [4.69, 9.17) is 8.83 Å². The maximum Gasteiger partial charge on any atom is 0.137 e. The molecule has 2 heterocycles. The molecule has 20 rings (SSSR count). The molecule has 2 aromatic heterocycles. The molecule has 18 aromatic carbocycles. The van der Waals surface area contributed by atoms with Crippen molar-refractivity contribution in [3.8, 4) is 111 Å². The Kier molecular flexibility index (Phi) is 18.4. The number of hydrogen-bond donors (Lipinski definition) is 0. The van der Waals surface area contributed by atoms with E-state index in [0.29, 0.717) is 0 Å². The molecule has 0 aliphatic rings. The standard InChI is InChI=1S/2C54H37NO/c1-3-11-38(12-4-1)44-15-9-17-46(35-44)42-23-21-40(22-24-42)41-25-29-48(30-26-41)55(50-33-34-52-51-19-7-8-20-53(51)56-54(52)37-50)49-31-27-43(28-32-49)47-18-10-16-45(36-47)39-13-5-2-6-14-39;1-3-10-38(11-4-1)40-18-20-42(21-19-40)43-26-30-48(31-27-43)55(50-34-35-52-51-16-7-8-17-53(51)56-54(52)37-50)49-32-28-45(29-33-49)47-15-9-14-46(36-47)44-24-22-41(23-25-44)39-12-5-2-6-13-39/h2*1-37H. The predicted molar refractivity (Wildman–Crippen MR) is 471 cm³/mol. The fraction of sp³-hybridized carbons (Fsp3) is 0. The molecule has 4 heteroatoms. The fourth-order valence-electron chi connectivity index (χ4n) is 15.5. The molecule has 0 aliphatic carbocycles. The maximum absolute atomic E-state index is 6.36. The molecular formula is C108H74N2O2. The molecule has 0 saturated carbocycles. The first-order chi connectivity index (χ1) is 55.5. The van der Waals surface area contributed by atoms with E-state index in [9.17, 15) is 0 Å². The van der Waals surface area contributed by atoms with E-state index < -0.39 is 0 Å². The molecule has 0 unspecified atom stereocenters. The van der Waals surface area contributed by atoms with Gasteiger partial charge in [0.15, 0.2) is 0 Å². The molecule has 0 bridgehead atoms. The van der Waals surface area contributed by atoms with E-state index in [-0.39, 0.29) is 0 Å². The summed E-state index contributed by atoms with van der Waals surface area (Å²) in [5.74, 6) is 0. The highest BCUT2D eigenvalue weighted by Crippen LogP contribution is 2.44. The fourth-order valence-corrected chi connectivity index (χ4v) is 15.5. The minimum absolute atomic E-state index is 0.870. The van der Waals surface area contributed by atoms with Gasteiger partial charge in [-0.1, -0.05) is 334 Å². The summed E-state index contributed by atoms with van der Waals surface area (Å²) in [4.78, 5) is 4.62. The van der Waals surface area contributed by atoms with Crippen molar-refractivity contribution in [3.05, 3.63) is 449 Å². The Bertz CT molecular complexity index is 6540. The Labute approximate surface area is 652 Å². The minimum atomic E-state index is 0.870. The Morgan fingerprint density at radius 3 is 0.554 bits per heavy atom. The van der Waals surface area contributed by atoms with Crippen LogP contribution in [0.3, 0.4) is 0 Å². The van der Waals surface area contributed by atoms with E-state index in [0.717, 1.165) is 78.0 Å². The SMILES string of the molecule is c1ccc(-c2ccc(-c3ccc(N(c4ccc(-c5cccc(-c6ccc(-c7ccccc7)cc6)c5)cc4)c4ccc5c(c4)oc4ccccc45)cc3)cc2)cc1.c1ccc(-c2cccc(-c3ccc(-c4ccc(N(c5ccc(-c6cccc(-c7ccccc7)c6)cc5)c5ccc6c(c5)oc5ccccc56)cc4)cc3)c2)cc1. The molecule has 4 nitrogen and oxygen atoms in total. The molecule has 112 heavy (non-hydrogen) atoms. The van der Waals surface area contributed by atoms with E-state index in [2.05, 4.69) is 434 Å². The second kappa shape index (κ2) is 30.4. The van der Waals surface area contributed by atoms with Gasteiger partial charge in [0.2, 0.25) is 0 Å². The van der Waals surface area contributed by atoms with Crippen LogP contribution < -0.4 is 9.80 Å². The number of nitrogens with zero attached hydrogens (tertiary/aromatic N) is 2.